The summed E-state index contributed by atoms with van der Waals surface area (Å²) in [4.78, 5) is 2.34. The molecule has 1 aromatic heterocycles. The van der Waals surface area contributed by atoms with E-state index in [0.29, 0.717) is 18.2 Å². The Labute approximate surface area is 228 Å². The van der Waals surface area contributed by atoms with E-state index >= 15 is 0 Å². The highest BCUT2D eigenvalue weighted by molar-refractivity contribution is 5.90. The summed E-state index contributed by atoms with van der Waals surface area (Å²) in [5.41, 5.74) is 8.41. The first kappa shape index (κ1) is 26.3. The molecule has 0 radical (unpaired) electrons. The predicted octanol–water partition coefficient (Wildman–Crippen LogP) is 5.18. The van der Waals surface area contributed by atoms with Gasteiger partial charge in [0.2, 0.25) is 5.88 Å². The van der Waals surface area contributed by atoms with Gasteiger partial charge in [0.05, 0.1) is 26.0 Å². The predicted molar refractivity (Wildman–Crippen MR) is 155 cm³/mol. The van der Waals surface area contributed by atoms with E-state index in [1.165, 1.54) is 0 Å². The van der Waals surface area contributed by atoms with Crippen LogP contribution in [0.5, 0.6) is 17.4 Å². The van der Waals surface area contributed by atoms with Crippen molar-refractivity contribution in [1.29, 1.82) is 0 Å². The smallest absolute Gasteiger partial charge is 0.233 e. The lowest BCUT2D eigenvalue weighted by atomic mass is 10.1. The van der Waals surface area contributed by atoms with Gasteiger partial charge in [0, 0.05) is 47.9 Å². The van der Waals surface area contributed by atoms with Crippen LogP contribution >= 0.6 is 0 Å². The van der Waals surface area contributed by atoms with Gasteiger partial charge in [-0.2, -0.15) is 0 Å². The standard InChI is InChI=1S/C20H23N3O3.C11H11NO/c1-15-13-20(26-12-9-22-7-10-25-11-8-22)21-23(15)17-5-6-18-16(14-17)3-2-4-19(18)24;1-13-11-4-2-3-8-7-9(12)5-6-10(8)11/h2-6,13-14,24H,7-12H2,1H3;2-7H,12H2,1H3. The fourth-order valence-corrected chi connectivity index (χ4v) is 4.72. The summed E-state index contributed by atoms with van der Waals surface area (Å²) in [6.07, 6.45) is 0. The molecule has 8 nitrogen and oxygen atoms in total. The van der Waals surface area contributed by atoms with Gasteiger partial charge in [-0.3, -0.25) is 4.90 Å². The quantitative estimate of drug-likeness (QED) is 0.294. The highest BCUT2D eigenvalue weighted by Crippen LogP contribution is 2.28. The van der Waals surface area contributed by atoms with Gasteiger partial charge in [-0.15, -0.1) is 5.10 Å². The number of aromatic hydroxyl groups is 1. The Morgan fingerprint density at radius 1 is 0.923 bits per heavy atom. The fraction of sp³-hybridized carbons (Fsp3) is 0.258. The van der Waals surface area contributed by atoms with E-state index < -0.39 is 0 Å². The zero-order chi connectivity index (χ0) is 27.2. The van der Waals surface area contributed by atoms with Crippen LogP contribution in [0, 0.1) is 6.92 Å². The average Bonchev–Trinajstić information content (AvgIpc) is 3.33. The summed E-state index contributed by atoms with van der Waals surface area (Å²) in [5.74, 6) is 1.81. The molecule has 202 valence electrons. The molecule has 1 aliphatic rings. The lowest BCUT2D eigenvalue weighted by Crippen LogP contribution is -2.38. The molecule has 1 fully saturated rings. The van der Waals surface area contributed by atoms with E-state index in [1.807, 2.05) is 84.4 Å². The monoisotopic (exact) mass is 526 g/mol. The van der Waals surface area contributed by atoms with Crippen LogP contribution in [-0.4, -0.2) is 66.4 Å². The van der Waals surface area contributed by atoms with Crippen LogP contribution in [0.4, 0.5) is 5.69 Å². The van der Waals surface area contributed by atoms with Crippen molar-refractivity contribution < 1.29 is 19.3 Å². The van der Waals surface area contributed by atoms with Crippen LogP contribution in [0.15, 0.2) is 78.9 Å². The summed E-state index contributed by atoms with van der Waals surface area (Å²) in [6.45, 7) is 7.01. The van der Waals surface area contributed by atoms with E-state index in [2.05, 4.69) is 10.00 Å². The van der Waals surface area contributed by atoms with Crippen LogP contribution in [0.25, 0.3) is 27.2 Å². The fourth-order valence-electron chi connectivity index (χ4n) is 4.72. The van der Waals surface area contributed by atoms with Crippen LogP contribution < -0.4 is 15.2 Å². The number of fused-ring (bicyclic) bond motifs is 2. The first-order chi connectivity index (χ1) is 19.0. The number of hydrogen-bond acceptors (Lipinski definition) is 7. The highest BCUT2D eigenvalue weighted by Gasteiger charge is 2.12. The van der Waals surface area contributed by atoms with Gasteiger partial charge in [0.15, 0.2) is 0 Å². The van der Waals surface area contributed by atoms with Crippen molar-refractivity contribution in [1.82, 2.24) is 14.7 Å². The third-order valence-corrected chi connectivity index (χ3v) is 6.80. The van der Waals surface area contributed by atoms with Crippen molar-refractivity contribution >= 4 is 27.2 Å². The minimum absolute atomic E-state index is 0.290. The Kier molecular flexibility index (Phi) is 8.15. The van der Waals surface area contributed by atoms with Gasteiger partial charge >= 0.3 is 0 Å². The van der Waals surface area contributed by atoms with Gasteiger partial charge < -0.3 is 25.1 Å². The Morgan fingerprint density at radius 2 is 1.67 bits per heavy atom. The average molecular weight is 527 g/mol. The van der Waals surface area contributed by atoms with Gasteiger partial charge in [0.25, 0.3) is 0 Å². The van der Waals surface area contributed by atoms with E-state index in [-0.39, 0.29) is 0 Å². The second-order valence-corrected chi connectivity index (χ2v) is 9.46. The molecular formula is C31H34N4O4. The summed E-state index contributed by atoms with van der Waals surface area (Å²) in [6, 6.07) is 25.1. The normalized spacial score (nSPS) is 13.7. The number of aromatic nitrogens is 2. The largest absolute Gasteiger partial charge is 0.507 e. The SMILES string of the molecule is COc1cccc2cc(N)ccc12.Cc1cc(OCCN2CCOCC2)nn1-c1ccc2c(O)cccc2c1. The lowest BCUT2D eigenvalue weighted by Gasteiger charge is -2.26. The molecule has 1 saturated heterocycles. The molecule has 0 saturated carbocycles. The number of anilines is 1. The number of methoxy groups -OCH3 is 1. The summed E-state index contributed by atoms with van der Waals surface area (Å²) in [7, 11) is 1.67. The van der Waals surface area contributed by atoms with Crippen LogP contribution in [-0.2, 0) is 4.74 Å². The molecule has 1 aliphatic heterocycles. The molecular weight excluding hydrogens is 492 g/mol. The van der Waals surface area contributed by atoms with Crippen molar-refractivity contribution in [3.63, 3.8) is 0 Å². The van der Waals surface area contributed by atoms with Gasteiger partial charge in [-0.1, -0.05) is 24.3 Å². The molecule has 0 bridgehead atoms. The first-order valence-corrected chi connectivity index (χ1v) is 13.1. The van der Waals surface area contributed by atoms with Crippen LogP contribution in [0.1, 0.15) is 5.69 Å². The Balaban J connectivity index is 0.000000198. The number of ether oxygens (including phenoxy) is 3. The summed E-state index contributed by atoms with van der Waals surface area (Å²) in [5, 5.41) is 18.5. The maximum atomic E-state index is 9.94. The lowest BCUT2D eigenvalue weighted by molar-refractivity contribution is 0.0320. The van der Waals surface area contributed by atoms with Crippen molar-refractivity contribution in [2.45, 2.75) is 6.92 Å². The van der Waals surface area contributed by atoms with Crippen molar-refractivity contribution in [2.75, 3.05) is 52.3 Å². The Bertz CT molecular complexity index is 1560. The number of phenols is 1. The van der Waals surface area contributed by atoms with Crippen LogP contribution in [0.2, 0.25) is 0 Å². The molecule has 4 aromatic carbocycles. The van der Waals surface area contributed by atoms with Crippen molar-refractivity contribution in [2.24, 2.45) is 0 Å². The van der Waals surface area contributed by atoms with E-state index in [0.717, 1.165) is 77.2 Å². The van der Waals surface area contributed by atoms with E-state index in [9.17, 15) is 5.11 Å². The van der Waals surface area contributed by atoms with E-state index in [4.69, 9.17) is 19.9 Å². The number of hydrogen-bond donors (Lipinski definition) is 2. The van der Waals surface area contributed by atoms with E-state index in [1.54, 1.807) is 13.2 Å². The number of rotatable bonds is 6. The van der Waals surface area contributed by atoms with Crippen molar-refractivity contribution in [3.8, 4) is 23.1 Å². The maximum absolute atomic E-state index is 9.94. The molecule has 0 amide bonds. The number of nitrogens with two attached hydrogens (primary N) is 1. The van der Waals surface area contributed by atoms with Gasteiger partial charge in [-0.25, -0.2) is 4.68 Å². The molecule has 39 heavy (non-hydrogen) atoms. The number of nitrogen functional groups attached to an aromatic ring is 1. The topological polar surface area (TPSA) is 95.0 Å². The molecule has 3 N–H and O–H groups in total. The zero-order valence-electron chi connectivity index (χ0n) is 22.3. The molecule has 0 atom stereocenters. The van der Waals surface area contributed by atoms with Crippen molar-refractivity contribution in [3.05, 3.63) is 84.6 Å². The highest BCUT2D eigenvalue weighted by atomic mass is 16.5. The molecule has 5 aromatic rings. The molecule has 0 unspecified atom stereocenters. The summed E-state index contributed by atoms with van der Waals surface area (Å²) < 4.78 is 18.3. The minimum atomic E-state index is 0.290. The Hall–Kier alpha value is -4.27. The van der Waals surface area contributed by atoms with Crippen LogP contribution in [0.3, 0.4) is 0 Å². The Morgan fingerprint density at radius 3 is 2.46 bits per heavy atom. The number of aryl methyl sites for hydroxylation is 1. The third-order valence-electron chi connectivity index (χ3n) is 6.80. The number of phenolic OH excluding ortho intramolecular Hbond substituents is 1. The molecule has 0 spiro atoms. The summed E-state index contributed by atoms with van der Waals surface area (Å²) >= 11 is 0. The molecule has 2 heterocycles. The minimum Gasteiger partial charge on any atom is -0.507 e. The zero-order valence-corrected chi connectivity index (χ0v) is 22.3. The number of nitrogens with zero attached hydrogens (tertiary/aromatic N) is 3. The second kappa shape index (κ2) is 12.1. The molecule has 0 aliphatic carbocycles. The maximum Gasteiger partial charge on any atom is 0.233 e. The first-order valence-electron chi connectivity index (χ1n) is 13.1. The molecule has 8 heteroatoms. The second-order valence-electron chi connectivity index (χ2n) is 9.46. The van der Waals surface area contributed by atoms with Gasteiger partial charge in [-0.05, 0) is 66.2 Å². The number of benzene rings is 4. The number of morpholine rings is 1. The van der Waals surface area contributed by atoms with Gasteiger partial charge in [0.1, 0.15) is 18.1 Å². The third kappa shape index (κ3) is 6.25. The molecule has 6 rings (SSSR count).